The molecule has 0 saturated heterocycles. The fourth-order valence-corrected chi connectivity index (χ4v) is 4.17. The Bertz CT molecular complexity index is 419. The molecule has 2 N–H and O–H groups in total. The summed E-state index contributed by atoms with van der Waals surface area (Å²) < 4.78 is 0. The fourth-order valence-electron chi connectivity index (χ4n) is 3.17. The molecule has 0 amide bonds. The molecule has 3 nitrogen and oxygen atoms in total. The summed E-state index contributed by atoms with van der Waals surface area (Å²) in [5.41, 5.74) is 7.17. The van der Waals surface area contributed by atoms with Crippen molar-refractivity contribution in [1.82, 2.24) is 4.98 Å². The number of thiazole rings is 1. The zero-order valence-corrected chi connectivity index (χ0v) is 12.7. The number of anilines is 1. The lowest BCUT2D eigenvalue weighted by molar-refractivity contribution is 0.362. The van der Waals surface area contributed by atoms with Crippen molar-refractivity contribution < 1.29 is 0 Å². The van der Waals surface area contributed by atoms with Crippen LogP contribution in [0.3, 0.4) is 0 Å². The van der Waals surface area contributed by atoms with Gasteiger partial charge < -0.3 is 10.6 Å². The molecule has 106 valence electrons. The third-order valence-electron chi connectivity index (χ3n) is 4.45. The summed E-state index contributed by atoms with van der Waals surface area (Å²) in [4.78, 5) is 8.55. The van der Waals surface area contributed by atoms with Crippen LogP contribution in [-0.4, -0.2) is 18.6 Å². The van der Waals surface area contributed by atoms with E-state index in [0.29, 0.717) is 12.5 Å². The van der Waals surface area contributed by atoms with Crippen LogP contribution in [-0.2, 0) is 6.54 Å². The summed E-state index contributed by atoms with van der Waals surface area (Å²) in [6.45, 7) is 1.82. The average molecular weight is 279 g/mol. The fraction of sp³-hybridized carbons (Fsp3) is 0.800. The second-order valence-corrected chi connectivity index (χ2v) is 7.23. The van der Waals surface area contributed by atoms with E-state index in [0.717, 1.165) is 5.92 Å². The molecule has 1 aromatic heterocycles. The smallest absolute Gasteiger partial charge is 0.185 e. The summed E-state index contributed by atoms with van der Waals surface area (Å²) in [7, 11) is 2.20. The molecule has 0 aromatic carbocycles. The quantitative estimate of drug-likeness (QED) is 0.897. The first-order valence-corrected chi connectivity index (χ1v) is 8.50. The van der Waals surface area contributed by atoms with Crippen LogP contribution in [0.4, 0.5) is 5.13 Å². The minimum absolute atomic E-state index is 0.654. The van der Waals surface area contributed by atoms with E-state index in [9.17, 15) is 0 Å². The van der Waals surface area contributed by atoms with E-state index < -0.39 is 0 Å². The second-order valence-electron chi connectivity index (χ2n) is 6.17. The molecule has 2 aliphatic carbocycles. The Morgan fingerprint density at radius 1 is 1.21 bits per heavy atom. The number of hydrogen-bond acceptors (Lipinski definition) is 4. The minimum atomic E-state index is 0.654. The Balaban J connectivity index is 1.66. The first-order chi connectivity index (χ1) is 9.28. The molecule has 2 aliphatic rings. The number of hydrogen-bond donors (Lipinski definition) is 1. The third kappa shape index (κ3) is 3.11. The number of nitrogens with two attached hydrogens (primary N) is 1. The highest BCUT2D eigenvalue weighted by Crippen LogP contribution is 2.44. The Labute approximate surface area is 120 Å². The molecule has 1 heterocycles. The topological polar surface area (TPSA) is 42.2 Å². The number of rotatable bonds is 5. The third-order valence-corrected chi connectivity index (χ3v) is 5.66. The van der Waals surface area contributed by atoms with Gasteiger partial charge in [0.05, 0.1) is 5.69 Å². The first kappa shape index (κ1) is 13.4. The van der Waals surface area contributed by atoms with Crippen molar-refractivity contribution in [3.8, 4) is 0 Å². The standard InChI is InChI=1S/C15H25N3S/c1-18(10-11-5-3-2-4-6-11)15-17-14(12-7-8-12)13(9-16)19-15/h11-12H,2-10,16H2,1H3. The van der Waals surface area contributed by atoms with Gasteiger partial charge in [-0.15, -0.1) is 11.3 Å². The molecule has 1 aromatic rings. The summed E-state index contributed by atoms with van der Waals surface area (Å²) in [5, 5.41) is 1.19. The molecule has 3 rings (SSSR count). The van der Waals surface area contributed by atoms with Gasteiger partial charge in [0, 0.05) is 30.9 Å². The van der Waals surface area contributed by atoms with Crippen LogP contribution in [0.1, 0.15) is 61.4 Å². The van der Waals surface area contributed by atoms with Crippen molar-refractivity contribution in [3.05, 3.63) is 10.6 Å². The average Bonchev–Trinajstić information content (AvgIpc) is 3.19. The summed E-state index contributed by atoms with van der Waals surface area (Å²) >= 11 is 1.81. The Morgan fingerprint density at radius 3 is 2.58 bits per heavy atom. The van der Waals surface area contributed by atoms with Gasteiger partial charge in [0.25, 0.3) is 0 Å². The van der Waals surface area contributed by atoms with Crippen molar-refractivity contribution in [2.75, 3.05) is 18.5 Å². The van der Waals surface area contributed by atoms with Crippen molar-refractivity contribution >= 4 is 16.5 Å². The van der Waals surface area contributed by atoms with Gasteiger partial charge in [-0.05, 0) is 31.6 Å². The van der Waals surface area contributed by atoms with E-state index in [1.807, 2.05) is 11.3 Å². The minimum Gasteiger partial charge on any atom is -0.351 e. The van der Waals surface area contributed by atoms with E-state index in [2.05, 4.69) is 11.9 Å². The molecule has 0 spiro atoms. The Morgan fingerprint density at radius 2 is 1.95 bits per heavy atom. The second kappa shape index (κ2) is 5.80. The van der Waals surface area contributed by atoms with Crippen molar-refractivity contribution in [1.29, 1.82) is 0 Å². The molecule has 19 heavy (non-hydrogen) atoms. The summed E-state index contributed by atoms with van der Waals surface area (Å²) in [5.74, 6) is 1.58. The van der Waals surface area contributed by atoms with Gasteiger partial charge in [0.2, 0.25) is 0 Å². The van der Waals surface area contributed by atoms with Gasteiger partial charge in [-0.2, -0.15) is 0 Å². The maximum absolute atomic E-state index is 5.87. The maximum Gasteiger partial charge on any atom is 0.185 e. The molecular weight excluding hydrogens is 254 g/mol. The highest BCUT2D eigenvalue weighted by molar-refractivity contribution is 7.15. The van der Waals surface area contributed by atoms with Crippen molar-refractivity contribution in [2.24, 2.45) is 11.7 Å². The number of nitrogens with zero attached hydrogens (tertiary/aromatic N) is 2. The molecule has 0 radical (unpaired) electrons. The molecule has 0 bridgehead atoms. The van der Waals surface area contributed by atoms with Crippen LogP contribution in [0.15, 0.2) is 0 Å². The predicted molar refractivity (Wildman–Crippen MR) is 81.8 cm³/mol. The summed E-state index contributed by atoms with van der Waals surface area (Å²) in [6.07, 6.45) is 9.67. The Hall–Kier alpha value is -0.610. The highest BCUT2D eigenvalue weighted by atomic mass is 32.1. The molecule has 2 saturated carbocycles. The van der Waals surface area contributed by atoms with Crippen LogP contribution >= 0.6 is 11.3 Å². The lowest BCUT2D eigenvalue weighted by Gasteiger charge is -2.26. The van der Waals surface area contributed by atoms with Crippen LogP contribution in [0.25, 0.3) is 0 Å². The molecule has 0 atom stereocenters. The normalized spacial score (nSPS) is 20.7. The predicted octanol–water partition coefficient (Wildman–Crippen LogP) is 3.50. The highest BCUT2D eigenvalue weighted by Gasteiger charge is 2.30. The van der Waals surface area contributed by atoms with Crippen LogP contribution in [0.5, 0.6) is 0 Å². The number of aromatic nitrogens is 1. The molecular formula is C15H25N3S. The van der Waals surface area contributed by atoms with Gasteiger partial charge in [0.1, 0.15) is 0 Å². The van der Waals surface area contributed by atoms with Crippen LogP contribution < -0.4 is 10.6 Å². The molecule has 2 fully saturated rings. The van der Waals surface area contributed by atoms with Gasteiger partial charge in [-0.25, -0.2) is 4.98 Å². The van der Waals surface area contributed by atoms with Crippen LogP contribution in [0.2, 0.25) is 0 Å². The van der Waals surface area contributed by atoms with Crippen LogP contribution in [0, 0.1) is 5.92 Å². The van der Waals surface area contributed by atoms with Gasteiger partial charge in [-0.3, -0.25) is 0 Å². The lowest BCUT2D eigenvalue weighted by atomic mass is 9.89. The van der Waals surface area contributed by atoms with Crippen molar-refractivity contribution in [2.45, 2.75) is 57.4 Å². The van der Waals surface area contributed by atoms with E-state index in [1.54, 1.807) is 0 Å². The Kier molecular flexibility index (Phi) is 4.08. The first-order valence-electron chi connectivity index (χ1n) is 7.68. The van der Waals surface area contributed by atoms with E-state index in [-0.39, 0.29) is 0 Å². The van der Waals surface area contributed by atoms with Gasteiger partial charge in [-0.1, -0.05) is 19.3 Å². The molecule has 0 unspecified atom stereocenters. The van der Waals surface area contributed by atoms with E-state index in [1.165, 1.54) is 67.2 Å². The van der Waals surface area contributed by atoms with Crippen molar-refractivity contribution in [3.63, 3.8) is 0 Å². The van der Waals surface area contributed by atoms with Gasteiger partial charge >= 0.3 is 0 Å². The van der Waals surface area contributed by atoms with E-state index in [4.69, 9.17) is 10.7 Å². The SMILES string of the molecule is CN(CC1CCCCC1)c1nc(C2CC2)c(CN)s1. The summed E-state index contributed by atoms with van der Waals surface area (Å²) in [6, 6.07) is 0. The zero-order valence-electron chi connectivity index (χ0n) is 11.9. The molecule has 0 aliphatic heterocycles. The maximum atomic E-state index is 5.87. The monoisotopic (exact) mass is 279 g/mol. The zero-order chi connectivity index (χ0) is 13.2. The largest absolute Gasteiger partial charge is 0.351 e. The lowest BCUT2D eigenvalue weighted by Crippen LogP contribution is -2.26. The van der Waals surface area contributed by atoms with Gasteiger partial charge in [0.15, 0.2) is 5.13 Å². The van der Waals surface area contributed by atoms with E-state index >= 15 is 0 Å². The molecule has 4 heteroatoms.